The molecule has 2 aromatic carbocycles. The number of rotatable bonds is 3. The zero-order valence-corrected chi connectivity index (χ0v) is 18.4. The van der Waals surface area contributed by atoms with Crippen LogP contribution in [0.3, 0.4) is 0 Å². The first-order valence-corrected chi connectivity index (χ1v) is 10.4. The molecule has 1 aromatic heterocycles. The van der Waals surface area contributed by atoms with Crippen molar-refractivity contribution in [3.63, 3.8) is 0 Å². The Bertz CT molecular complexity index is 1310. The van der Waals surface area contributed by atoms with Gasteiger partial charge in [-0.05, 0) is 46.2 Å². The molecule has 7 heteroatoms. The predicted molar refractivity (Wildman–Crippen MR) is 120 cm³/mol. The number of allylic oxidation sites excluding steroid dienone is 2. The number of phenols is 3. The summed E-state index contributed by atoms with van der Waals surface area (Å²) in [7, 11) is 0. The third kappa shape index (κ3) is 3.48. The highest BCUT2D eigenvalue weighted by molar-refractivity contribution is 5.93. The van der Waals surface area contributed by atoms with Crippen LogP contribution in [0.15, 0.2) is 45.3 Å². The van der Waals surface area contributed by atoms with Crippen molar-refractivity contribution < 1.29 is 29.6 Å². The Balaban J connectivity index is 2.06. The van der Waals surface area contributed by atoms with Gasteiger partial charge in [0.1, 0.15) is 45.8 Å². The Morgan fingerprint density at radius 3 is 2.56 bits per heavy atom. The first kappa shape index (κ1) is 21.8. The minimum absolute atomic E-state index is 0.0380. The fourth-order valence-corrected chi connectivity index (χ4v) is 3.96. The molecule has 1 aliphatic heterocycles. The third-order valence-electron chi connectivity index (χ3n) is 5.89. The minimum atomic E-state index is -0.884. The first-order chi connectivity index (χ1) is 15.0. The average molecular weight is 438 g/mol. The van der Waals surface area contributed by atoms with Gasteiger partial charge in [0.25, 0.3) is 0 Å². The van der Waals surface area contributed by atoms with E-state index in [4.69, 9.17) is 9.15 Å². The Labute approximate surface area is 184 Å². The van der Waals surface area contributed by atoms with Crippen molar-refractivity contribution in [3.8, 4) is 34.1 Å². The molecule has 0 spiro atoms. The second-order valence-electron chi connectivity index (χ2n) is 8.93. The molecule has 1 aliphatic rings. The number of hydrogen-bond donors (Lipinski definition) is 4. The SMILES string of the molecule is CC(C)=CCc1c2c(c3occ(-c4ccc(O)cc4O)c(=O)c3c1O)C[C@@H](O)C(C)(C)O2. The van der Waals surface area contributed by atoms with E-state index in [1.165, 1.54) is 18.4 Å². The summed E-state index contributed by atoms with van der Waals surface area (Å²) in [6.07, 6.45) is 2.80. The maximum absolute atomic E-state index is 13.5. The van der Waals surface area contributed by atoms with Crippen molar-refractivity contribution in [2.45, 2.75) is 52.2 Å². The Morgan fingerprint density at radius 1 is 1.19 bits per heavy atom. The Kier molecular flexibility index (Phi) is 5.17. The second kappa shape index (κ2) is 7.60. The molecule has 7 nitrogen and oxygen atoms in total. The van der Waals surface area contributed by atoms with Crippen molar-refractivity contribution in [2.24, 2.45) is 0 Å². The first-order valence-electron chi connectivity index (χ1n) is 10.4. The summed E-state index contributed by atoms with van der Waals surface area (Å²) in [6.45, 7) is 7.39. The maximum Gasteiger partial charge on any atom is 0.204 e. The minimum Gasteiger partial charge on any atom is -0.508 e. The van der Waals surface area contributed by atoms with Crippen LogP contribution in [0.5, 0.6) is 23.0 Å². The highest BCUT2D eigenvalue weighted by Crippen LogP contribution is 2.46. The number of aromatic hydroxyl groups is 3. The van der Waals surface area contributed by atoms with Crippen LogP contribution in [-0.2, 0) is 12.8 Å². The lowest BCUT2D eigenvalue weighted by molar-refractivity contribution is -0.0415. The topological polar surface area (TPSA) is 120 Å². The molecule has 0 fully saturated rings. The molecule has 168 valence electrons. The van der Waals surface area contributed by atoms with Gasteiger partial charge in [-0.3, -0.25) is 4.79 Å². The van der Waals surface area contributed by atoms with Gasteiger partial charge in [-0.25, -0.2) is 0 Å². The smallest absolute Gasteiger partial charge is 0.204 e. The third-order valence-corrected chi connectivity index (χ3v) is 5.89. The molecule has 1 atom stereocenters. The molecular weight excluding hydrogens is 412 g/mol. The van der Waals surface area contributed by atoms with Gasteiger partial charge in [0, 0.05) is 29.2 Å². The van der Waals surface area contributed by atoms with E-state index >= 15 is 0 Å². The van der Waals surface area contributed by atoms with Crippen LogP contribution in [-0.4, -0.2) is 32.1 Å². The van der Waals surface area contributed by atoms with E-state index in [0.29, 0.717) is 23.3 Å². The molecule has 2 heterocycles. The van der Waals surface area contributed by atoms with E-state index < -0.39 is 17.1 Å². The van der Waals surface area contributed by atoms with Crippen LogP contribution in [0.25, 0.3) is 22.1 Å². The van der Waals surface area contributed by atoms with Gasteiger partial charge in [-0.2, -0.15) is 0 Å². The molecule has 0 amide bonds. The number of hydrogen-bond acceptors (Lipinski definition) is 7. The zero-order chi connectivity index (χ0) is 23.4. The maximum atomic E-state index is 13.5. The van der Waals surface area contributed by atoms with E-state index in [-0.39, 0.29) is 45.8 Å². The molecule has 32 heavy (non-hydrogen) atoms. The van der Waals surface area contributed by atoms with Gasteiger partial charge in [0.2, 0.25) is 5.43 Å². The molecule has 0 aliphatic carbocycles. The molecule has 0 radical (unpaired) electrons. The van der Waals surface area contributed by atoms with Gasteiger partial charge in [-0.1, -0.05) is 11.6 Å². The number of benzene rings is 2. The summed E-state index contributed by atoms with van der Waals surface area (Å²) in [5, 5.41) is 41.6. The van der Waals surface area contributed by atoms with Crippen LogP contribution >= 0.6 is 0 Å². The van der Waals surface area contributed by atoms with Gasteiger partial charge in [0.15, 0.2) is 0 Å². The molecule has 0 unspecified atom stereocenters. The molecule has 0 saturated carbocycles. The standard InChI is InChI=1S/C25H26O7/c1-12(2)5-7-15-21(29)20-22(30)17(14-8-6-13(26)9-18(14)27)11-31-24(20)16-10-19(28)25(3,4)32-23(15)16/h5-6,8-9,11,19,26-29H,7,10H2,1-4H3/t19-/m1/s1. The fraction of sp³-hybridized carbons (Fsp3) is 0.320. The largest absolute Gasteiger partial charge is 0.508 e. The number of phenolic OH excluding ortho intramolecular Hbond substituents is 3. The predicted octanol–water partition coefficient (Wildman–Crippen LogP) is 4.16. The van der Waals surface area contributed by atoms with E-state index in [0.717, 1.165) is 11.6 Å². The van der Waals surface area contributed by atoms with Crippen molar-refractivity contribution in [1.82, 2.24) is 0 Å². The highest BCUT2D eigenvalue weighted by atomic mass is 16.5. The summed E-state index contributed by atoms with van der Waals surface area (Å²) in [4.78, 5) is 13.5. The summed E-state index contributed by atoms with van der Waals surface area (Å²) >= 11 is 0. The van der Waals surface area contributed by atoms with Crippen LogP contribution in [0.4, 0.5) is 0 Å². The number of aliphatic hydroxyl groups excluding tert-OH is 1. The van der Waals surface area contributed by atoms with Gasteiger partial charge in [0.05, 0.1) is 11.7 Å². The second-order valence-corrected chi connectivity index (χ2v) is 8.93. The van der Waals surface area contributed by atoms with Crippen LogP contribution in [0.2, 0.25) is 0 Å². The molecule has 0 saturated heterocycles. The van der Waals surface area contributed by atoms with Crippen LogP contribution in [0.1, 0.15) is 38.8 Å². The number of fused-ring (bicyclic) bond motifs is 3. The zero-order valence-electron chi connectivity index (χ0n) is 18.4. The van der Waals surface area contributed by atoms with Crippen molar-refractivity contribution in [2.75, 3.05) is 0 Å². The molecule has 4 N–H and O–H groups in total. The lowest BCUT2D eigenvalue weighted by Gasteiger charge is -2.38. The molecular formula is C25H26O7. The van der Waals surface area contributed by atoms with E-state index in [1.54, 1.807) is 13.8 Å². The van der Waals surface area contributed by atoms with Crippen LogP contribution in [0, 0.1) is 0 Å². The normalized spacial score (nSPS) is 17.0. The summed E-state index contributed by atoms with van der Waals surface area (Å²) in [5.41, 5.74) is 0.905. The van der Waals surface area contributed by atoms with Gasteiger partial charge >= 0.3 is 0 Å². The molecule has 4 rings (SSSR count). The van der Waals surface area contributed by atoms with Crippen LogP contribution < -0.4 is 10.2 Å². The summed E-state index contributed by atoms with van der Waals surface area (Å²) in [6, 6.07) is 3.87. The van der Waals surface area contributed by atoms with E-state index in [1.807, 2.05) is 19.9 Å². The summed E-state index contributed by atoms with van der Waals surface area (Å²) in [5.74, 6) is -0.283. The van der Waals surface area contributed by atoms with Crippen molar-refractivity contribution in [1.29, 1.82) is 0 Å². The Hall–Kier alpha value is -3.45. The average Bonchev–Trinajstić information content (AvgIpc) is 2.69. The fourth-order valence-electron chi connectivity index (χ4n) is 3.96. The molecule has 3 aromatic rings. The highest BCUT2D eigenvalue weighted by Gasteiger charge is 2.39. The lowest BCUT2D eigenvalue weighted by atomic mass is 9.87. The van der Waals surface area contributed by atoms with E-state index in [2.05, 4.69) is 0 Å². The van der Waals surface area contributed by atoms with Gasteiger partial charge in [-0.15, -0.1) is 0 Å². The van der Waals surface area contributed by atoms with Crippen molar-refractivity contribution >= 4 is 11.0 Å². The lowest BCUT2D eigenvalue weighted by Crippen LogP contribution is -2.46. The Morgan fingerprint density at radius 2 is 1.91 bits per heavy atom. The van der Waals surface area contributed by atoms with Gasteiger partial charge < -0.3 is 29.6 Å². The monoisotopic (exact) mass is 438 g/mol. The molecule has 0 bridgehead atoms. The number of ether oxygens (including phenoxy) is 1. The summed E-state index contributed by atoms with van der Waals surface area (Å²) < 4.78 is 11.9. The van der Waals surface area contributed by atoms with Crippen molar-refractivity contribution in [3.05, 3.63) is 57.5 Å². The quantitative estimate of drug-likeness (QED) is 0.453. The number of aliphatic hydroxyl groups is 1. The van der Waals surface area contributed by atoms with E-state index in [9.17, 15) is 25.2 Å².